The molecular weight excluding hydrogens is 359 g/mol. The lowest BCUT2D eigenvalue weighted by molar-refractivity contribution is -0.140. The van der Waals surface area contributed by atoms with Crippen molar-refractivity contribution in [2.45, 2.75) is 51.3 Å². The van der Waals surface area contributed by atoms with Crippen LogP contribution in [0.25, 0.3) is 0 Å². The van der Waals surface area contributed by atoms with Crippen molar-refractivity contribution in [3.8, 4) is 11.6 Å². The summed E-state index contributed by atoms with van der Waals surface area (Å²) in [5, 5.41) is 2.90. The zero-order chi connectivity index (χ0) is 19.3. The molecule has 0 bridgehead atoms. The van der Waals surface area contributed by atoms with Gasteiger partial charge in [-0.25, -0.2) is 4.98 Å². The van der Waals surface area contributed by atoms with Gasteiger partial charge in [0.2, 0.25) is 11.8 Å². The van der Waals surface area contributed by atoms with Crippen LogP contribution in [0.2, 0.25) is 0 Å². The van der Waals surface area contributed by atoms with Crippen LogP contribution >= 0.6 is 0 Å². The molecule has 0 amide bonds. The molecule has 8 heteroatoms. The third-order valence-corrected chi connectivity index (χ3v) is 4.31. The highest BCUT2D eigenvalue weighted by Crippen LogP contribution is 2.36. The van der Waals surface area contributed by atoms with Gasteiger partial charge >= 0.3 is 6.18 Å². The van der Waals surface area contributed by atoms with Gasteiger partial charge in [0.25, 0.3) is 0 Å². The summed E-state index contributed by atoms with van der Waals surface area (Å²) in [6, 6.07) is 7.01. The van der Waals surface area contributed by atoms with E-state index >= 15 is 0 Å². The van der Waals surface area contributed by atoms with Crippen molar-refractivity contribution in [2.75, 3.05) is 11.9 Å². The van der Waals surface area contributed by atoms with Crippen molar-refractivity contribution in [3.05, 3.63) is 36.0 Å². The van der Waals surface area contributed by atoms with E-state index in [1.807, 2.05) is 6.92 Å². The van der Waals surface area contributed by atoms with Gasteiger partial charge in [0, 0.05) is 11.9 Å². The minimum atomic E-state index is -4.57. The van der Waals surface area contributed by atoms with Crippen LogP contribution in [-0.4, -0.2) is 22.7 Å². The molecule has 0 aliphatic heterocycles. The number of halogens is 3. The van der Waals surface area contributed by atoms with Crippen LogP contribution in [0.15, 0.2) is 30.5 Å². The Morgan fingerprint density at radius 2 is 1.81 bits per heavy atom. The predicted molar refractivity (Wildman–Crippen MR) is 95.4 cm³/mol. The Kier molecular flexibility index (Phi) is 6.03. The summed E-state index contributed by atoms with van der Waals surface area (Å²) in [6.07, 6.45) is 0.423. The Labute approximate surface area is 155 Å². The second kappa shape index (κ2) is 8.45. The first kappa shape index (κ1) is 19.3. The molecule has 0 radical (unpaired) electrons. The maximum absolute atomic E-state index is 13.3. The summed E-state index contributed by atoms with van der Waals surface area (Å²) in [6.45, 7) is 2.44. The van der Waals surface area contributed by atoms with E-state index in [2.05, 4.69) is 15.3 Å². The Morgan fingerprint density at radius 3 is 2.44 bits per heavy atom. The predicted octanol–water partition coefficient (Wildman–Crippen LogP) is 5.35. The smallest absolute Gasteiger partial charge is 0.423 e. The molecule has 0 atom stereocenters. The Bertz CT molecular complexity index is 745. The lowest BCUT2D eigenvalue weighted by atomic mass is 9.98. The molecule has 5 nitrogen and oxygen atoms in total. The molecule has 0 spiro atoms. The number of hydrogen-bond acceptors (Lipinski definition) is 5. The van der Waals surface area contributed by atoms with Crippen LogP contribution in [0.3, 0.4) is 0 Å². The third-order valence-electron chi connectivity index (χ3n) is 4.31. The molecule has 1 aromatic heterocycles. The second-order valence-electron chi connectivity index (χ2n) is 6.37. The van der Waals surface area contributed by atoms with Crippen molar-refractivity contribution in [3.63, 3.8) is 0 Å². The molecule has 146 valence electrons. The number of ether oxygens (including phenoxy) is 2. The molecule has 2 aromatic rings. The largest absolute Gasteiger partial charge is 0.494 e. The summed E-state index contributed by atoms with van der Waals surface area (Å²) in [4.78, 5) is 7.79. The lowest BCUT2D eigenvalue weighted by Crippen LogP contribution is -2.22. The van der Waals surface area contributed by atoms with E-state index in [1.165, 1.54) is 0 Å². The van der Waals surface area contributed by atoms with E-state index in [0.29, 0.717) is 18.0 Å². The van der Waals surface area contributed by atoms with E-state index in [0.717, 1.165) is 38.3 Å². The average molecular weight is 381 g/mol. The standard InChI is InChI=1S/C19H22F3N3O2/c1-2-26-14-10-8-13(9-11-14)24-18-23-12-16(19(20,21)22)17(25-18)27-15-6-4-3-5-7-15/h8-12,15H,2-7H2,1H3,(H,23,24,25). The fourth-order valence-electron chi connectivity index (χ4n) is 2.98. The average Bonchev–Trinajstić information content (AvgIpc) is 2.64. The number of anilines is 2. The molecular formula is C19H22F3N3O2. The molecule has 3 rings (SSSR count). The molecule has 1 aliphatic carbocycles. The molecule has 1 fully saturated rings. The number of hydrogen-bond donors (Lipinski definition) is 1. The third kappa shape index (κ3) is 5.24. The highest BCUT2D eigenvalue weighted by molar-refractivity contribution is 5.55. The topological polar surface area (TPSA) is 56.3 Å². The van der Waals surface area contributed by atoms with Crippen LogP contribution in [-0.2, 0) is 6.18 Å². The van der Waals surface area contributed by atoms with E-state index in [9.17, 15) is 13.2 Å². The summed E-state index contributed by atoms with van der Waals surface area (Å²) in [7, 11) is 0. The number of nitrogens with zero attached hydrogens (tertiary/aromatic N) is 2. The maximum atomic E-state index is 13.3. The van der Waals surface area contributed by atoms with Gasteiger partial charge in [-0.05, 0) is 56.9 Å². The van der Waals surface area contributed by atoms with Crippen LogP contribution in [0.5, 0.6) is 11.6 Å². The Hall–Kier alpha value is -2.51. The summed E-state index contributed by atoms with van der Waals surface area (Å²) >= 11 is 0. The van der Waals surface area contributed by atoms with E-state index in [1.54, 1.807) is 24.3 Å². The maximum Gasteiger partial charge on any atom is 0.423 e. The fourth-order valence-corrected chi connectivity index (χ4v) is 2.98. The second-order valence-corrected chi connectivity index (χ2v) is 6.37. The Morgan fingerprint density at radius 1 is 1.11 bits per heavy atom. The minimum absolute atomic E-state index is 0.0537. The van der Waals surface area contributed by atoms with Gasteiger partial charge in [-0.2, -0.15) is 18.2 Å². The number of rotatable bonds is 6. The molecule has 1 N–H and O–H groups in total. The molecule has 1 aliphatic rings. The monoisotopic (exact) mass is 381 g/mol. The molecule has 1 aromatic carbocycles. The van der Waals surface area contributed by atoms with Crippen molar-refractivity contribution in [2.24, 2.45) is 0 Å². The van der Waals surface area contributed by atoms with E-state index < -0.39 is 17.6 Å². The van der Waals surface area contributed by atoms with Crippen LogP contribution in [0.1, 0.15) is 44.6 Å². The molecule has 0 unspecified atom stereocenters. The zero-order valence-electron chi connectivity index (χ0n) is 15.1. The van der Waals surface area contributed by atoms with E-state index in [4.69, 9.17) is 9.47 Å². The zero-order valence-corrected chi connectivity index (χ0v) is 15.1. The van der Waals surface area contributed by atoms with Gasteiger partial charge in [0.05, 0.1) is 6.61 Å². The summed E-state index contributed by atoms with van der Waals surface area (Å²) in [5.74, 6) is 0.341. The molecule has 27 heavy (non-hydrogen) atoms. The first-order valence-corrected chi connectivity index (χ1v) is 9.06. The first-order chi connectivity index (χ1) is 13.0. The minimum Gasteiger partial charge on any atom is -0.494 e. The normalized spacial score (nSPS) is 15.4. The summed E-state index contributed by atoms with van der Waals surface area (Å²) in [5.41, 5.74) is -0.313. The van der Waals surface area contributed by atoms with Gasteiger partial charge in [-0.1, -0.05) is 6.42 Å². The Balaban J connectivity index is 1.80. The van der Waals surface area contributed by atoms with Crippen LogP contribution in [0.4, 0.5) is 24.8 Å². The van der Waals surface area contributed by atoms with Crippen molar-refractivity contribution >= 4 is 11.6 Å². The van der Waals surface area contributed by atoms with E-state index in [-0.39, 0.29) is 12.1 Å². The van der Waals surface area contributed by atoms with Crippen molar-refractivity contribution in [1.29, 1.82) is 0 Å². The molecule has 0 saturated heterocycles. The SMILES string of the molecule is CCOc1ccc(Nc2ncc(C(F)(F)F)c(OC3CCCCC3)n2)cc1. The number of aromatic nitrogens is 2. The molecule has 1 saturated carbocycles. The van der Waals surface area contributed by atoms with Gasteiger partial charge < -0.3 is 14.8 Å². The van der Waals surface area contributed by atoms with Gasteiger partial charge in [0.15, 0.2) is 0 Å². The fraction of sp³-hybridized carbons (Fsp3) is 0.474. The number of nitrogens with one attached hydrogen (secondary N) is 1. The van der Waals surface area contributed by atoms with Gasteiger partial charge in [0.1, 0.15) is 17.4 Å². The highest BCUT2D eigenvalue weighted by atomic mass is 19.4. The number of alkyl halides is 3. The first-order valence-electron chi connectivity index (χ1n) is 9.06. The van der Waals surface area contributed by atoms with Crippen molar-refractivity contribution < 1.29 is 22.6 Å². The summed E-state index contributed by atoms with van der Waals surface area (Å²) < 4.78 is 50.8. The highest BCUT2D eigenvalue weighted by Gasteiger charge is 2.37. The quantitative estimate of drug-likeness (QED) is 0.731. The van der Waals surface area contributed by atoms with Crippen LogP contribution < -0.4 is 14.8 Å². The lowest BCUT2D eigenvalue weighted by Gasteiger charge is -2.24. The van der Waals surface area contributed by atoms with Gasteiger partial charge in [-0.3, -0.25) is 0 Å². The van der Waals surface area contributed by atoms with Gasteiger partial charge in [-0.15, -0.1) is 0 Å². The van der Waals surface area contributed by atoms with Crippen molar-refractivity contribution in [1.82, 2.24) is 9.97 Å². The number of benzene rings is 1. The van der Waals surface area contributed by atoms with Crippen LogP contribution in [0, 0.1) is 0 Å². The molecule has 1 heterocycles.